The Bertz CT molecular complexity index is 692. The number of aromatic nitrogens is 1. The fourth-order valence-electron chi connectivity index (χ4n) is 2.04. The second-order valence-electron chi connectivity index (χ2n) is 4.13. The quantitative estimate of drug-likeness (QED) is 0.597. The van der Waals surface area contributed by atoms with Gasteiger partial charge in [0.25, 0.3) is 0 Å². The summed E-state index contributed by atoms with van der Waals surface area (Å²) in [5.41, 5.74) is 16.4. The molecule has 0 spiro atoms. The van der Waals surface area contributed by atoms with Crippen LogP contribution in [0.4, 0.5) is 11.4 Å². The summed E-state index contributed by atoms with van der Waals surface area (Å²) in [5, 5.41) is 1.17. The smallest absolute Gasteiger partial charge is 0.0454 e. The summed E-state index contributed by atoms with van der Waals surface area (Å²) >= 11 is 0. The third kappa shape index (κ3) is 2.78. The van der Waals surface area contributed by atoms with Crippen molar-refractivity contribution in [3.8, 4) is 11.1 Å². The number of aromatic amines is 1. The zero-order chi connectivity index (χ0) is 11.8. The molecular weight excluding hydrogens is 281 g/mol. The van der Waals surface area contributed by atoms with Crippen molar-refractivity contribution in [2.24, 2.45) is 0 Å². The van der Waals surface area contributed by atoms with Crippen LogP contribution in [0.5, 0.6) is 0 Å². The molecule has 0 aliphatic heterocycles. The largest absolute Gasteiger partial charge is 0.399 e. The van der Waals surface area contributed by atoms with E-state index in [0.717, 1.165) is 28.0 Å². The fourth-order valence-corrected chi connectivity index (χ4v) is 2.04. The van der Waals surface area contributed by atoms with Crippen molar-refractivity contribution in [3.05, 3.63) is 48.7 Å². The highest BCUT2D eigenvalue weighted by molar-refractivity contribution is 5.88. The van der Waals surface area contributed by atoms with Crippen LogP contribution in [0.25, 0.3) is 22.0 Å². The maximum absolute atomic E-state index is 5.98. The normalized spacial score (nSPS) is 9.68. The molecule has 19 heavy (non-hydrogen) atoms. The van der Waals surface area contributed by atoms with E-state index in [9.17, 15) is 0 Å². The molecule has 2 aromatic carbocycles. The summed E-state index contributed by atoms with van der Waals surface area (Å²) in [7, 11) is 0. The lowest BCUT2D eigenvalue weighted by Crippen LogP contribution is -1.92. The lowest BCUT2D eigenvalue weighted by Gasteiger charge is -2.07. The van der Waals surface area contributed by atoms with Gasteiger partial charge in [-0.15, -0.1) is 24.8 Å². The molecule has 1 aromatic heterocycles. The molecule has 0 saturated heterocycles. The van der Waals surface area contributed by atoms with E-state index in [2.05, 4.69) is 11.1 Å². The first-order valence-electron chi connectivity index (χ1n) is 5.46. The molecule has 0 bridgehead atoms. The van der Waals surface area contributed by atoms with Gasteiger partial charge in [-0.1, -0.05) is 6.07 Å². The number of benzene rings is 2. The van der Waals surface area contributed by atoms with Gasteiger partial charge in [0.15, 0.2) is 0 Å². The van der Waals surface area contributed by atoms with Gasteiger partial charge in [-0.3, -0.25) is 0 Å². The van der Waals surface area contributed by atoms with Crippen molar-refractivity contribution in [1.29, 1.82) is 0 Å². The number of hydrogen-bond donors (Lipinski definition) is 3. The van der Waals surface area contributed by atoms with Gasteiger partial charge in [-0.2, -0.15) is 0 Å². The highest BCUT2D eigenvalue weighted by atomic mass is 35.5. The van der Waals surface area contributed by atoms with Crippen molar-refractivity contribution >= 4 is 47.1 Å². The Hall–Kier alpha value is -1.84. The van der Waals surface area contributed by atoms with Crippen molar-refractivity contribution in [3.63, 3.8) is 0 Å². The fraction of sp³-hybridized carbons (Fsp3) is 0. The van der Waals surface area contributed by atoms with Gasteiger partial charge in [-0.25, -0.2) is 0 Å². The van der Waals surface area contributed by atoms with Crippen molar-refractivity contribution in [2.75, 3.05) is 11.5 Å². The number of rotatable bonds is 1. The van der Waals surface area contributed by atoms with Gasteiger partial charge in [0.05, 0.1) is 0 Å². The van der Waals surface area contributed by atoms with Crippen molar-refractivity contribution in [2.45, 2.75) is 0 Å². The molecule has 3 rings (SSSR count). The van der Waals surface area contributed by atoms with E-state index in [1.54, 1.807) is 0 Å². The molecule has 0 aliphatic rings. The van der Waals surface area contributed by atoms with Crippen molar-refractivity contribution in [1.82, 2.24) is 4.98 Å². The minimum Gasteiger partial charge on any atom is -0.399 e. The average molecular weight is 296 g/mol. The monoisotopic (exact) mass is 295 g/mol. The maximum atomic E-state index is 5.98. The van der Waals surface area contributed by atoms with Gasteiger partial charge in [0.2, 0.25) is 0 Å². The van der Waals surface area contributed by atoms with E-state index in [0.29, 0.717) is 0 Å². The highest BCUT2D eigenvalue weighted by Crippen LogP contribution is 2.30. The van der Waals surface area contributed by atoms with E-state index in [4.69, 9.17) is 11.5 Å². The van der Waals surface area contributed by atoms with E-state index in [-0.39, 0.29) is 24.8 Å². The Morgan fingerprint density at radius 1 is 0.842 bits per heavy atom. The Labute approximate surface area is 123 Å². The first-order valence-corrected chi connectivity index (χ1v) is 5.46. The molecule has 0 fully saturated rings. The molecule has 5 N–H and O–H groups in total. The van der Waals surface area contributed by atoms with Gasteiger partial charge in [0.1, 0.15) is 0 Å². The molecule has 0 atom stereocenters. The van der Waals surface area contributed by atoms with Crippen LogP contribution in [-0.2, 0) is 0 Å². The lowest BCUT2D eigenvalue weighted by atomic mass is 10.0. The van der Waals surface area contributed by atoms with E-state index in [1.165, 1.54) is 5.39 Å². The molecule has 3 aromatic rings. The number of halogens is 2. The predicted molar refractivity (Wildman–Crippen MR) is 87.1 cm³/mol. The van der Waals surface area contributed by atoms with Crippen molar-refractivity contribution < 1.29 is 0 Å². The number of hydrogen-bond acceptors (Lipinski definition) is 2. The van der Waals surface area contributed by atoms with Crippen LogP contribution in [0.3, 0.4) is 0 Å². The summed E-state index contributed by atoms with van der Waals surface area (Å²) in [6.45, 7) is 0. The summed E-state index contributed by atoms with van der Waals surface area (Å²) in [4.78, 5) is 3.17. The van der Waals surface area contributed by atoms with E-state index >= 15 is 0 Å². The van der Waals surface area contributed by atoms with Gasteiger partial charge >= 0.3 is 0 Å². The molecule has 0 amide bonds. The number of nitrogens with one attached hydrogen (secondary N) is 1. The third-order valence-electron chi connectivity index (χ3n) is 2.94. The average Bonchev–Trinajstić information content (AvgIpc) is 2.79. The van der Waals surface area contributed by atoms with Crippen LogP contribution in [0.15, 0.2) is 48.7 Å². The summed E-state index contributed by atoms with van der Waals surface area (Å²) < 4.78 is 0. The number of anilines is 2. The van der Waals surface area contributed by atoms with Crippen LogP contribution in [0.2, 0.25) is 0 Å². The molecule has 5 heteroatoms. The van der Waals surface area contributed by atoms with Gasteiger partial charge in [-0.05, 0) is 47.3 Å². The zero-order valence-electron chi connectivity index (χ0n) is 10.1. The zero-order valence-corrected chi connectivity index (χ0v) is 11.7. The molecule has 100 valence electrons. The lowest BCUT2D eigenvalue weighted by molar-refractivity contribution is 1.48. The SMILES string of the molecule is Cl.Cl.Nc1ccc(N)c(-c2ccc3[nH]ccc3c2)c1. The predicted octanol–water partition coefficient (Wildman–Crippen LogP) is 3.84. The number of fused-ring (bicyclic) bond motifs is 1. The molecule has 0 unspecified atom stereocenters. The van der Waals surface area contributed by atoms with Crippen LogP contribution in [0, 0.1) is 0 Å². The Morgan fingerprint density at radius 3 is 2.42 bits per heavy atom. The van der Waals surface area contributed by atoms with E-state index in [1.807, 2.05) is 42.6 Å². The Balaban J connectivity index is 0.000000902. The number of H-pyrrole nitrogens is 1. The topological polar surface area (TPSA) is 67.8 Å². The molecular formula is C14H15Cl2N3. The van der Waals surface area contributed by atoms with Crippen LogP contribution >= 0.6 is 24.8 Å². The number of nitrogens with two attached hydrogens (primary N) is 2. The molecule has 3 nitrogen and oxygen atoms in total. The molecule has 0 saturated carbocycles. The molecule has 0 aliphatic carbocycles. The van der Waals surface area contributed by atoms with Crippen LogP contribution in [-0.4, -0.2) is 4.98 Å². The third-order valence-corrected chi connectivity index (χ3v) is 2.94. The summed E-state index contributed by atoms with van der Waals surface area (Å²) in [6, 6.07) is 13.8. The molecule has 1 heterocycles. The summed E-state index contributed by atoms with van der Waals surface area (Å²) in [6.07, 6.45) is 1.93. The van der Waals surface area contributed by atoms with Crippen LogP contribution in [0.1, 0.15) is 0 Å². The standard InChI is InChI=1S/C14H13N3.2ClH/c15-11-2-3-13(16)12(8-11)9-1-4-14-10(7-9)5-6-17-14;;/h1-8,17H,15-16H2;2*1H. The van der Waals surface area contributed by atoms with Gasteiger partial charge < -0.3 is 16.5 Å². The van der Waals surface area contributed by atoms with Gasteiger partial charge in [0, 0.05) is 28.7 Å². The first-order chi connectivity index (χ1) is 8.24. The minimum atomic E-state index is 0. The maximum Gasteiger partial charge on any atom is 0.0454 e. The Kier molecular flexibility index (Phi) is 4.70. The highest BCUT2D eigenvalue weighted by Gasteiger charge is 2.04. The summed E-state index contributed by atoms with van der Waals surface area (Å²) in [5.74, 6) is 0. The van der Waals surface area contributed by atoms with E-state index < -0.39 is 0 Å². The number of nitrogen functional groups attached to an aromatic ring is 2. The minimum absolute atomic E-state index is 0. The second-order valence-corrected chi connectivity index (χ2v) is 4.13. The first kappa shape index (κ1) is 15.2. The molecule has 0 radical (unpaired) electrons. The second kappa shape index (κ2) is 5.87. The Morgan fingerprint density at radius 2 is 1.63 bits per heavy atom. The van der Waals surface area contributed by atoms with Crippen LogP contribution < -0.4 is 11.5 Å².